The zero-order valence-electron chi connectivity index (χ0n) is 10.2. The summed E-state index contributed by atoms with van der Waals surface area (Å²) in [5, 5.41) is 8.65. The number of rotatable bonds is 4. The first-order valence-corrected chi connectivity index (χ1v) is 6.48. The standard InChI is InChI=1S/C15H10BrFO3/c16-12-7-6-11(17)9-14(12)20-13-4-2-1-3-10(13)5-8-15(18)19/h1-9H,(H,18,19)/b8-5+. The van der Waals surface area contributed by atoms with E-state index >= 15 is 0 Å². The number of halogens is 2. The summed E-state index contributed by atoms with van der Waals surface area (Å²) in [7, 11) is 0. The highest BCUT2D eigenvalue weighted by Gasteiger charge is 2.07. The van der Waals surface area contributed by atoms with Gasteiger partial charge in [0.05, 0.1) is 4.47 Å². The summed E-state index contributed by atoms with van der Waals surface area (Å²) in [6.07, 6.45) is 2.44. The van der Waals surface area contributed by atoms with Crippen molar-refractivity contribution in [2.24, 2.45) is 0 Å². The highest BCUT2D eigenvalue weighted by atomic mass is 79.9. The minimum Gasteiger partial charge on any atom is -0.478 e. The van der Waals surface area contributed by atoms with E-state index in [4.69, 9.17) is 9.84 Å². The Bertz CT molecular complexity index is 668. The Morgan fingerprint density at radius 1 is 1.20 bits per heavy atom. The number of carboxylic acid groups (broad SMARTS) is 1. The van der Waals surface area contributed by atoms with Crippen molar-refractivity contribution >= 4 is 28.0 Å². The lowest BCUT2D eigenvalue weighted by Gasteiger charge is -2.10. The molecule has 0 saturated heterocycles. The van der Waals surface area contributed by atoms with Gasteiger partial charge in [0.15, 0.2) is 0 Å². The van der Waals surface area contributed by atoms with E-state index in [1.54, 1.807) is 30.3 Å². The number of carboxylic acids is 1. The number of carbonyl (C=O) groups is 1. The van der Waals surface area contributed by atoms with Crippen LogP contribution in [0, 0.1) is 5.82 Å². The van der Waals surface area contributed by atoms with Crippen LogP contribution in [0.15, 0.2) is 53.0 Å². The highest BCUT2D eigenvalue weighted by Crippen LogP contribution is 2.32. The van der Waals surface area contributed by atoms with Gasteiger partial charge in [0, 0.05) is 17.7 Å². The zero-order chi connectivity index (χ0) is 14.5. The second kappa shape index (κ2) is 6.34. The summed E-state index contributed by atoms with van der Waals surface area (Å²) in [6, 6.07) is 11.0. The molecule has 0 fully saturated rings. The highest BCUT2D eigenvalue weighted by molar-refractivity contribution is 9.10. The molecule has 3 nitrogen and oxygen atoms in total. The number of hydrogen-bond donors (Lipinski definition) is 1. The molecule has 0 heterocycles. The molecule has 2 rings (SSSR count). The first kappa shape index (κ1) is 14.3. The van der Waals surface area contributed by atoms with Crippen molar-refractivity contribution in [3.05, 3.63) is 64.4 Å². The fourth-order valence-corrected chi connectivity index (χ4v) is 1.87. The van der Waals surface area contributed by atoms with Gasteiger partial charge < -0.3 is 9.84 Å². The lowest BCUT2D eigenvalue weighted by Crippen LogP contribution is -1.91. The lowest BCUT2D eigenvalue weighted by molar-refractivity contribution is -0.131. The summed E-state index contributed by atoms with van der Waals surface area (Å²) < 4.78 is 19.4. The Labute approximate surface area is 123 Å². The minimum atomic E-state index is -1.05. The minimum absolute atomic E-state index is 0.321. The molecule has 0 aliphatic carbocycles. The molecule has 102 valence electrons. The van der Waals surface area contributed by atoms with Crippen molar-refractivity contribution in [1.82, 2.24) is 0 Å². The fourth-order valence-electron chi connectivity index (χ4n) is 1.55. The van der Waals surface area contributed by atoms with E-state index in [-0.39, 0.29) is 0 Å². The summed E-state index contributed by atoms with van der Waals surface area (Å²) in [5.41, 5.74) is 0.589. The Balaban J connectivity index is 2.34. The predicted octanol–water partition coefficient (Wildman–Crippen LogP) is 4.48. The van der Waals surface area contributed by atoms with Gasteiger partial charge in [-0.25, -0.2) is 9.18 Å². The third-order valence-corrected chi connectivity index (χ3v) is 3.09. The molecule has 0 unspecified atom stereocenters. The monoisotopic (exact) mass is 336 g/mol. The van der Waals surface area contributed by atoms with Gasteiger partial charge in [0.25, 0.3) is 0 Å². The molecule has 0 saturated carbocycles. The molecule has 1 N–H and O–H groups in total. The van der Waals surface area contributed by atoms with E-state index in [2.05, 4.69) is 15.9 Å². The molecule has 0 bridgehead atoms. The van der Waals surface area contributed by atoms with Gasteiger partial charge in [-0.3, -0.25) is 0 Å². The van der Waals surface area contributed by atoms with Crippen LogP contribution in [0.3, 0.4) is 0 Å². The van der Waals surface area contributed by atoms with Crippen molar-refractivity contribution in [3.8, 4) is 11.5 Å². The number of hydrogen-bond acceptors (Lipinski definition) is 2. The topological polar surface area (TPSA) is 46.5 Å². The van der Waals surface area contributed by atoms with Crippen LogP contribution in [0.25, 0.3) is 6.08 Å². The molecule has 2 aromatic rings. The maximum Gasteiger partial charge on any atom is 0.328 e. The van der Waals surface area contributed by atoms with Crippen LogP contribution in [0.2, 0.25) is 0 Å². The maximum absolute atomic E-state index is 13.2. The van der Waals surface area contributed by atoms with Gasteiger partial charge in [0.2, 0.25) is 0 Å². The van der Waals surface area contributed by atoms with Crippen molar-refractivity contribution in [3.63, 3.8) is 0 Å². The average molecular weight is 337 g/mol. The van der Waals surface area contributed by atoms with Crippen LogP contribution >= 0.6 is 15.9 Å². The van der Waals surface area contributed by atoms with E-state index in [1.165, 1.54) is 18.2 Å². The van der Waals surface area contributed by atoms with Crippen molar-refractivity contribution in [2.75, 3.05) is 0 Å². The number of aliphatic carboxylic acids is 1. The molecule has 0 atom stereocenters. The molecular weight excluding hydrogens is 327 g/mol. The van der Waals surface area contributed by atoms with Crippen LogP contribution in [-0.4, -0.2) is 11.1 Å². The normalized spacial score (nSPS) is 10.7. The van der Waals surface area contributed by atoms with Gasteiger partial charge in [-0.15, -0.1) is 0 Å². The lowest BCUT2D eigenvalue weighted by atomic mass is 10.2. The Kier molecular flexibility index (Phi) is 4.53. The van der Waals surface area contributed by atoms with E-state index in [0.717, 1.165) is 6.08 Å². The third kappa shape index (κ3) is 3.68. The fraction of sp³-hybridized carbons (Fsp3) is 0. The van der Waals surface area contributed by atoms with E-state index in [1.807, 2.05) is 0 Å². The molecule has 2 aromatic carbocycles. The van der Waals surface area contributed by atoms with E-state index in [9.17, 15) is 9.18 Å². The SMILES string of the molecule is O=C(O)/C=C/c1ccccc1Oc1cc(F)ccc1Br. The molecule has 20 heavy (non-hydrogen) atoms. The molecule has 0 aliphatic heterocycles. The zero-order valence-corrected chi connectivity index (χ0v) is 11.8. The second-order valence-corrected chi connectivity index (χ2v) is 4.74. The maximum atomic E-state index is 13.2. The molecular formula is C15H10BrFO3. The predicted molar refractivity (Wildman–Crippen MR) is 77.3 cm³/mol. The Hall–Kier alpha value is -2.14. The van der Waals surface area contributed by atoms with Crippen LogP contribution in [-0.2, 0) is 4.79 Å². The molecule has 0 aliphatic rings. The number of para-hydroxylation sites is 1. The van der Waals surface area contributed by atoms with Crippen LogP contribution in [0.1, 0.15) is 5.56 Å². The molecule has 0 aromatic heterocycles. The van der Waals surface area contributed by atoms with E-state index in [0.29, 0.717) is 21.5 Å². The quantitative estimate of drug-likeness (QED) is 0.837. The van der Waals surface area contributed by atoms with Gasteiger partial charge in [-0.2, -0.15) is 0 Å². The number of ether oxygens (including phenoxy) is 1. The third-order valence-electron chi connectivity index (χ3n) is 2.44. The molecule has 5 heteroatoms. The first-order chi connectivity index (χ1) is 9.56. The van der Waals surface area contributed by atoms with Crippen molar-refractivity contribution in [2.45, 2.75) is 0 Å². The Morgan fingerprint density at radius 3 is 2.70 bits per heavy atom. The summed E-state index contributed by atoms with van der Waals surface area (Å²) >= 11 is 3.27. The number of benzene rings is 2. The van der Waals surface area contributed by atoms with Crippen LogP contribution < -0.4 is 4.74 Å². The first-order valence-electron chi connectivity index (χ1n) is 5.69. The largest absolute Gasteiger partial charge is 0.478 e. The average Bonchev–Trinajstić information content (AvgIpc) is 2.42. The smallest absolute Gasteiger partial charge is 0.328 e. The van der Waals surface area contributed by atoms with Crippen LogP contribution in [0.4, 0.5) is 4.39 Å². The molecule has 0 spiro atoms. The molecule has 0 radical (unpaired) electrons. The molecule has 0 amide bonds. The van der Waals surface area contributed by atoms with Crippen LogP contribution in [0.5, 0.6) is 11.5 Å². The van der Waals surface area contributed by atoms with Gasteiger partial charge in [-0.1, -0.05) is 18.2 Å². The second-order valence-electron chi connectivity index (χ2n) is 3.89. The summed E-state index contributed by atoms with van der Waals surface area (Å²) in [4.78, 5) is 10.6. The summed E-state index contributed by atoms with van der Waals surface area (Å²) in [5.74, 6) is -0.703. The van der Waals surface area contributed by atoms with Gasteiger partial charge in [-0.05, 0) is 40.2 Å². The summed E-state index contributed by atoms with van der Waals surface area (Å²) in [6.45, 7) is 0. The van der Waals surface area contributed by atoms with E-state index < -0.39 is 11.8 Å². The van der Waals surface area contributed by atoms with Crippen molar-refractivity contribution < 1.29 is 19.0 Å². The Morgan fingerprint density at radius 2 is 1.95 bits per heavy atom. The van der Waals surface area contributed by atoms with Gasteiger partial charge >= 0.3 is 5.97 Å². The van der Waals surface area contributed by atoms with Crippen molar-refractivity contribution in [1.29, 1.82) is 0 Å². The van der Waals surface area contributed by atoms with Gasteiger partial charge in [0.1, 0.15) is 17.3 Å².